The maximum absolute atomic E-state index is 13.6. The van der Waals surface area contributed by atoms with Crippen molar-refractivity contribution in [3.8, 4) is 0 Å². The van der Waals surface area contributed by atoms with Crippen molar-refractivity contribution < 1.29 is 13.6 Å². The van der Waals surface area contributed by atoms with Crippen LogP contribution in [0.4, 0.5) is 8.78 Å². The van der Waals surface area contributed by atoms with Crippen molar-refractivity contribution in [2.75, 3.05) is 6.54 Å². The van der Waals surface area contributed by atoms with E-state index in [1.165, 1.54) is 12.1 Å². The summed E-state index contributed by atoms with van der Waals surface area (Å²) < 4.78 is 26.4. The predicted molar refractivity (Wildman–Crippen MR) is 75.8 cm³/mol. The second kappa shape index (κ2) is 7.55. The Morgan fingerprint density at radius 2 is 2.15 bits per heavy atom. The molecule has 0 saturated carbocycles. The summed E-state index contributed by atoms with van der Waals surface area (Å²) in [6, 6.07) is 2.71. The third kappa shape index (κ3) is 4.15. The fourth-order valence-corrected chi connectivity index (χ4v) is 2.32. The van der Waals surface area contributed by atoms with Crippen molar-refractivity contribution in [3.05, 3.63) is 35.4 Å². The molecule has 20 heavy (non-hydrogen) atoms. The van der Waals surface area contributed by atoms with Gasteiger partial charge in [-0.3, -0.25) is 4.79 Å². The maximum atomic E-state index is 13.6. The third-order valence-corrected chi connectivity index (χ3v) is 3.41. The zero-order valence-corrected chi connectivity index (χ0v) is 12.1. The Labute approximate surface area is 123 Å². The molecule has 1 fully saturated rings. The molecule has 1 aromatic carbocycles. The molecule has 3 nitrogen and oxygen atoms in total. The van der Waals surface area contributed by atoms with Gasteiger partial charge in [0.1, 0.15) is 11.6 Å². The standard InChI is InChI=1S/C14H18F2N2O.ClH/c1-9(11-6-5-10(15)8-12(11)16)18-14(19)13-4-2-3-7-17-13;/h5-6,8-9,13,17H,2-4,7H2,1H3,(H,18,19);1H. The molecule has 1 aliphatic heterocycles. The summed E-state index contributed by atoms with van der Waals surface area (Å²) in [5.74, 6) is -1.38. The van der Waals surface area contributed by atoms with Gasteiger partial charge in [0.15, 0.2) is 0 Å². The molecule has 2 unspecified atom stereocenters. The van der Waals surface area contributed by atoms with Gasteiger partial charge in [0.05, 0.1) is 12.1 Å². The van der Waals surface area contributed by atoms with Crippen molar-refractivity contribution in [1.82, 2.24) is 10.6 Å². The average molecular weight is 305 g/mol. The van der Waals surface area contributed by atoms with Crippen molar-refractivity contribution >= 4 is 18.3 Å². The first kappa shape index (κ1) is 16.9. The quantitative estimate of drug-likeness (QED) is 0.901. The zero-order chi connectivity index (χ0) is 13.8. The van der Waals surface area contributed by atoms with Gasteiger partial charge in [-0.15, -0.1) is 12.4 Å². The fourth-order valence-electron chi connectivity index (χ4n) is 2.32. The molecule has 1 amide bonds. The zero-order valence-electron chi connectivity index (χ0n) is 11.3. The summed E-state index contributed by atoms with van der Waals surface area (Å²) >= 11 is 0. The molecule has 1 saturated heterocycles. The van der Waals surface area contributed by atoms with Crippen molar-refractivity contribution in [2.24, 2.45) is 0 Å². The Morgan fingerprint density at radius 1 is 1.40 bits per heavy atom. The van der Waals surface area contributed by atoms with Gasteiger partial charge < -0.3 is 10.6 Å². The summed E-state index contributed by atoms with van der Waals surface area (Å²) in [4.78, 5) is 12.0. The van der Waals surface area contributed by atoms with Crippen LogP contribution >= 0.6 is 12.4 Å². The van der Waals surface area contributed by atoms with Crippen LogP contribution in [0.1, 0.15) is 37.8 Å². The largest absolute Gasteiger partial charge is 0.348 e. The predicted octanol–water partition coefficient (Wildman–Crippen LogP) is 2.71. The number of halogens is 3. The molecule has 2 rings (SSSR count). The van der Waals surface area contributed by atoms with Gasteiger partial charge in [0, 0.05) is 11.6 Å². The average Bonchev–Trinajstić information content (AvgIpc) is 2.39. The number of piperidine rings is 1. The van der Waals surface area contributed by atoms with Crippen molar-refractivity contribution in [2.45, 2.75) is 38.3 Å². The summed E-state index contributed by atoms with van der Waals surface area (Å²) in [5, 5.41) is 5.90. The van der Waals surface area contributed by atoms with Crippen LogP contribution in [-0.4, -0.2) is 18.5 Å². The van der Waals surface area contributed by atoms with E-state index in [0.29, 0.717) is 5.56 Å². The molecule has 0 bridgehead atoms. The van der Waals surface area contributed by atoms with Gasteiger partial charge in [0.25, 0.3) is 0 Å². The van der Waals surface area contributed by atoms with Crippen LogP contribution in [0.15, 0.2) is 18.2 Å². The van der Waals surface area contributed by atoms with Crippen molar-refractivity contribution in [3.63, 3.8) is 0 Å². The summed E-state index contributed by atoms with van der Waals surface area (Å²) in [5.41, 5.74) is 0.297. The van der Waals surface area contributed by atoms with Crippen LogP contribution in [0, 0.1) is 11.6 Å². The van der Waals surface area contributed by atoms with E-state index in [4.69, 9.17) is 0 Å². The van der Waals surface area contributed by atoms with E-state index in [1.54, 1.807) is 6.92 Å². The van der Waals surface area contributed by atoms with Gasteiger partial charge in [-0.25, -0.2) is 8.78 Å². The molecular formula is C14H19ClF2N2O. The minimum atomic E-state index is -0.635. The van der Waals surface area contributed by atoms with Crippen LogP contribution in [0.5, 0.6) is 0 Å². The Bertz CT molecular complexity index is 464. The minimum absolute atomic E-state index is 0. The molecule has 0 radical (unpaired) electrons. The minimum Gasteiger partial charge on any atom is -0.348 e. The highest BCUT2D eigenvalue weighted by molar-refractivity contribution is 5.85. The number of carbonyl (C=O) groups excluding carboxylic acids is 1. The lowest BCUT2D eigenvalue weighted by Crippen LogP contribution is -2.47. The number of nitrogens with one attached hydrogen (secondary N) is 2. The highest BCUT2D eigenvalue weighted by Crippen LogP contribution is 2.18. The summed E-state index contributed by atoms with van der Waals surface area (Å²) in [6.45, 7) is 2.52. The lowest BCUT2D eigenvalue weighted by atomic mass is 10.0. The van der Waals surface area contributed by atoms with E-state index in [-0.39, 0.29) is 24.4 Å². The van der Waals surface area contributed by atoms with E-state index >= 15 is 0 Å². The molecule has 6 heteroatoms. The van der Waals surface area contributed by atoms with Crippen LogP contribution in [-0.2, 0) is 4.79 Å². The number of hydrogen-bond donors (Lipinski definition) is 2. The highest BCUT2D eigenvalue weighted by Gasteiger charge is 2.22. The Hall–Kier alpha value is -1.20. The highest BCUT2D eigenvalue weighted by atomic mass is 35.5. The SMILES string of the molecule is CC(NC(=O)C1CCCCN1)c1ccc(F)cc1F.Cl. The van der Waals surface area contributed by atoms with Gasteiger partial charge >= 0.3 is 0 Å². The molecule has 1 heterocycles. The smallest absolute Gasteiger partial charge is 0.237 e. The fraction of sp³-hybridized carbons (Fsp3) is 0.500. The lowest BCUT2D eigenvalue weighted by Gasteiger charge is -2.24. The van der Waals surface area contributed by atoms with E-state index in [0.717, 1.165) is 31.9 Å². The van der Waals surface area contributed by atoms with Gasteiger partial charge in [-0.05, 0) is 32.4 Å². The molecule has 1 aromatic rings. The Kier molecular flexibility index (Phi) is 6.36. The second-order valence-corrected chi connectivity index (χ2v) is 4.90. The summed E-state index contributed by atoms with van der Waals surface area (Å²) in [7, 11) is 0. The molecule has 0 aromatic heterocycles. The molecular weight excluding hydrogens is 286 g/mol. The first-order valence-corrected chi connectivity index (χ1v) is 6.56. The molecule has 112 valence electrons. The molecule has 0 spiro atoms. The molecule has 2 N–H and O–H groups in total. The summed E-state index contributed by atoms with van der Waals surface area (Å²) in [6.07, 6.45) is 2.89. The number of amides is 1. The van der Waals surface area contributed by atoms with Crippen molar-refractivity contribution in [1.29, 1.82) is 0 Å². The normalized spacial score (nSPS) is 19.9. The molecule has 2 atom stereocenters. The third-order valence-electron chi connectivity index (χ3n) is 3.41. The van der Waals surface area contributed by atoms with E-state index in [2.05, 4.69) is 10.6 Å². The first-order valence-electron chi connectivity index (χ1n) is 6.56. The number of carbonyl (C=O) groups is 1. The van der Waals surface area contributed by atoms with E-state index in [1.807, 2.05) is 0 Å². The van der Waals surface area contributed by atoms with Crippen LogP contribution < -0.4 is 10.6 Å². The molecule has 0 aliphatic carbocycles. The lowest BCUT2D eigenvalue weighted by molar-refractivity contribution is -0.124. The van der Waals surface area contributed by atoms with Gasteiger partial charge in [0.2, 0.25) is 5.91 Å². The second-order valence-electron chi connectivity index (χ2n) is 4.90. The number of rotatable bonds is 3. The van der Waals surface area contributed by atoms with Gasteiger partial charge in [-0.2, -0.15) is 0 Å². The van der Waals surface area contributed by atoms with E-state index in [9.17, 15) is 13.6 Å². The maximum Gasteiger partial charge on any atom is 0.237 e. The number of benzene rings is 1. The van der Waals surface area contributed by atoms with Crippen LogP contribution in [0.3, 0.4) is 0 Å². The Morgan fingerprint density at radius 3 is 2.75 bits per heavy atom. The van der Waals surface area contributed by atoms with Crippen LogP contribution in [0.25, 0.3) is 0 Å². The number of hydrogen-bond acceptors (Lipinski definition) is 2. The Balaban J connectivity index is 0.00000200. The van der Waals surface area contributed by atoms with Gasteiger partial charge in [-0.1, -0.05) is 12.5 Å². The first-order chi connectivity index (χ1) is 9.08. The van der Waals surface area contributed by atoms with Crippen LogP contribution in [0.2, 0.25) is 0 Å². The topological polar surface area (TPSA) is 41.1 Å². The monoisotopic (exact) mass is 304 g/mol. The molecule has 1 aliphatic rings. The van der Waals surface area contributed by atoms with E-state index < -0.39 is 17.7 Å².